The average Bonchev–Trinajstić information content (AvgIpc) is 3.08. The number of aromatic nitrogens is 1. The van der Waals surface area contributed by atoms with Crippen LogP contribution in [0.25, 0.3) is 0 Å². The van der Waals surface area contributed by atoms with Crippen molar-refractivity contribution in [3.05, 3.63) is 46.3 Å². The molecule has 0 saturated carbocycles. The van der Waals surface area contributed by atoms with Gasteiger partial charge in [-0.3, -0.25) is 4.79 Å². The van der Waals surface area contributed by atoms with Gasteiger partial charge in [-0.2, -0.15) is 0 Å². The zero-order valence-electron chi connectivity index (χ0n) is 13.4. The summed E-state index contributed by atoms with van der Waals surface area (Å²) >= 11 is 3.39. The first-order valence-corrected chi connectivity index (χ1v) is 8.95. The Hall–Kier alpha value is -1.66. The minimum absolute atomic E-state index is 0.0268. The number of benzene rings is 1. The largest absolute Gasteiger partial charge is 0.486 e. The van der Waals surface area contributed by atoms with Gasteiger partial charge in [-0.25, -0.2) is 0 Å². The van der Waals surface area contributed by atoms with E-state index in [2.05, 4.69) is 21.1 Å². The lowest BCUT2D eigenvalue weighted by Gasteiger charge is -2.21. The van der Waals surface area contributed by atoms with Crippen LogP contribution in [0.1, 0.15) is 41.9 Å². The second-order valence-corrected chi connectivity index (χ2v) is 6.86. The molecule has 128 valence electrons. The molecule has 1 saturated heterocycles. The number of halogens is 1. The number of ketones is 1. The summed E-state index contributed by atoms with van der Waals surface area (Å²) in [7, 11) is 0. The predicted molar refractivity (Wildman–Crippen MR) is 92.1 cm³/mol. The molecule has 2 aromatic rings. The second kappa shape index (κ2) is 8.44. The number of carbonyl (C=O) groups excluding carboxylic acids is 1. The molecular weight excluding hydrogens is 374 g/mol. The van der Waals surface area contributed by atoms with Crippen LogP contribution < -0.4 is 4.74 Å². The highest BCUT2D eigenvalue weighted by Crippen LogP contribution is 2.22. The molecule has 1 aliphatic heterocycles. The molecule has 0 bridgehead atoms. The summed E-state index contributed by atoms with van der Waals surface area (Å²) in [6.07, 6.45) is 3.47. The van der Waals surface area contributed by atoms with Crippen LogP contribution in [0.5, 0.6) is 5.75 Å². The highest BCUT2D eigenvalue weighted by molar-refractivity contribution is 9.10. The van der Waals surface area contributed by atoms with E-state index in [4.69, 9.17) is 14.0 Å². The monoisotopic (exact) mass is 393 g/mol. The van der Waals surface area contributed by atoms with Crippen LogP contribution >= 0.6 is 15.9 Å². The number of ether oxygens (including phenoxy) is 2. The lowest BCUT2D eigenvalue weighted by Crippen LogP contribution is -2.16. The van der Waals surface area contributed by atoms with Crippen LogP contribution in [0.2, 0.25) is 0 Å². The second-order valence-electron chi connectivity index (χ2n) is 5.94. The van der Waals surface area contributed by atoms with Crippen molar-refractivity contribution in [2.45, 2.75) is 32.3 Å². The third-order valence-corrected chi connectivity index (χ3v) is 4.64. The molecule has 3 rings (SSSR count). The summed E-state index contributed by atoms with van der Waals surface area (Å²) in [5, 5.41) is 3.87. The number of Topliss-reactive ketones (excluding diaryl/α,β-unsaturated/α-hetero) is 1. The molecule has 2 heterocycles. The highest BCUT2D eigenvalue weighted by atomic mass is 79.9. The SMILES string of the molecule is O=C(CCC1CCOCC1)c1cc(COc2cccc(Br)c2)on1. The van der Waals surface area contributed by atoms with Gasteiger partial charge in [0.1, 0.15) is 18.1 Å². The standard InChI is InChI=1S/C18H20BrNO4/c19-14-2-1-3-15(10-14)23-12-16-11-17(20-24-16)18(21)5-4-13-6-8-22-9-7-13/h1-3,10-11,13H,4-9,12H2. The smallest absolute Gasteiger partial charge is 0.184 e. The van der Waals surface area contributed by atoms with Crippen LogP contribution in [0.15, 0.2) is 39.3 Å². The van der Waals surface area contributed by atoms with Gasteiger partial charge in [0.2, 0.25) is 0 Å². The van der Waals surface area contributed by atoms with E-state index in [0.717, 1.165) is 42.7 Å². The van der Waals surface area contributed by atoms with Gasteiger partial charge in [-0.1, -0.05) is 27.2 Å². The molecule has 0 amide bonds. The molecule has 1 aliphatic rings. The first kappa shape index (κ1) is 17.2. The van der Waals surface area contributed by atoms with Crippen molar-refractivity contribution in [1.29, 1.82) is 0 Å². The van der Waals surface area contributed by atoms with Crippen molar-refractivity contribution >= 4 is 21.7 Å². The Morgan fingerprint density at radius 2 is 2.12 bits per heavy atom. The number of rotatable bonds is 7. The van der Waals surface area contributed by atoms with Gasteiger partial charge in [0, 0.05) is 30.2 Å². The van der Waals surface area contributed by atoms with E-state index in [-0.39, 0.29) is 12.4 Å². The topological polar surface area (TPSA) is 61.6 Å². The van der Waals surface area contributed by atoms with Gasteiger partial charge in [0.25, 0.3) is 0 Å². The minimum Gasteiger partial charge on any atom is -0.486 e. The van der Waals surface area contributed by atoms with Gasteiger partial charge in [-0.15, -0.1) is 0 Å². The first-order valence-electron chi connectivity index (χ1n) is 8.15. The van der Waals surface area contributed by atoms with E-state index in [1.807, 2.05) is 24.3 Å². The van der Waals surface area contributed by atoms with E-state index in [1.54, 1.807) is 6.07 Å². The normalized spacial score (nSPS) is 15.4. The molecule has 0 aliphatic carbocycles. The fraction of sp³-hybridized carbons (Fsp3) is 0.444. The van der Waals surface area contributed by atoms with Gasteiger partial charge in [0.05, 0.1) is 0 Å². The van der Waals surface area contributed by atoms with Crippen molar-refractivity contribution in [1.82, 2.24) is 5.16 Å². The fourth-order valence-corrected chi connectivity index (χ4v) is 3.10. The Balaban J connectivity index is 1.48. The maximum atomic E-state index is 12.2. The average molecular weight is 394 g/mol. The van der Waals surface area contributed by atoms with Crippen LogP contribution in [0.3, 0.4) is 0 Å². The summed E-state index contributed by atoms with van der Waals surface area (Å²) < 4.78 is 17.1. The Bertz CT molecular complexity index is 679. The van der Waals surface area contributed by atoms with Crippen molar-refractivity contribution in [2.24, 2.45) is 5.92 Å². The summed E-state index contributed by atoms with van der Waals surface area (Å²) in [6.45, 7) is 1.86. The number of carbonyl (C=O) groups is 1. The van der Waals surface area contributed by atoms with Gasteiger partial charge in [0.15, 0.2) is 11.5 Å². The third kappa shape index (κ3) is 4.92. The Labute approximate surface area is 149 Å². The maximum Gasteiger partial charge on any atom is 0.184 e. The van der Waals surface area contributed by atoms with Crippen LogP contribution in [-0.4, -0.2) is 24.2 Å². The molecule has 1 aromatic heterocycles. The van der Waals surface area contributed by atoms with E-state index >= 15 is 0 Å². The number of hydrogen-bond acceptors (Lipinski definition) is 5. The molecule has 6 heteroatoms. The molecule has 0 radical (unpaired) electrons. The molecule has 0 unspecified atom stereocenters. The van der Waals surface area contributed by atoms with Gasteiger partial charge >= 0.3 is 0 Å². The van der Waals surface area contributed by atoms with Gasteiger partial charge < -0.3 is 14.0 Å². The number of hydrogen-bond donors (Lipinski definition) is 0. The predicted octanol–water partition coefficient (Wildman–Crippen LogP) is 4.41. The minimum atomic E-state index is 0.0268. The van der Waals surface area contributed by atoms with Crippen molar-refractivity contribution in [3.63, 3.8) is 0 Å². The zero-order valence-corrected chi connectivity index (χ0v) is 15.0. The molecule has 0 atom stereocenters. The summed E-state index contributed by atoms with van der Waals surface area (Å²) in [4.78, 5) is 12.2. The Morgan fingerprint density at radius 3 is 2.92 bits per heavy atom. The molecule has 1 fully saturated rings. The quantitative estimate of drug-likeness (QED) is 0.652. The number of nitrogens with zero attached hydrogens (tertiary/aromatic N) is 1. The van der Waals surface area contributed by atoms with Crippen molar-refractivity contribution in [3.8, 4) is 5.75 Å². The Morgan fingerprint density at radius 1 is 1.29 bits per heavy atom. The first-order chi connectivity index (χ1) is 11.7. The highest BCUT2D eigenvalue weighted by Gasteiger charge is 2.18. The van der Waals surface area contributed by atoms with Crippen LogP contribution in [0, 0.1) is 5.92 Å². The molecular formula is C18H20BrNO4. The molecule has 1 aromatic carbocycles. The van der Waals surface area contributed by atoms with E-state index in [0.29, 0.717) is 23.8 Å². The van der Waals surface area contributed by atoms with Crippen molar-refractivity contribution < 1.29 is 18.8 Å². The maximum absolute atomic E-state index is 12.2. The summed E-state index contributed by atoms with van der Waals surface area (Å²) in [5.41, 5.74) is 0.384. The lowest BCUT2D eigenvalue weighted by atomic mass is 9.93. The lowest BCUT2D eigenvalue weighted by molar-refractivity contribution is 0.0618. The molecule has 24 heavy (non-hydrogen) atoms. The van der Waals surface area contributed by atoms with E-state index in [9.17, 15) is 4.79 Å². The van der Waals surface area contributed by atoms with Crippen molar-refractivity contribution in [2.75, 3.05) is 13.2 Å². The molecule has 0 N–H and O–H groups in total. The third-order valence-electron chi connectivity index (χ3n) is 4.14. The molecule has 5 nitrogen and oxygen atoms in total. The van der Waals surface area contributed by atoms with Crippen LogP contribution in [0.4, 0.5) is 0 Å². The summed E-state index contributed by atoms with van der Waals surface area (Å²) in [6, 6.07) is 9.23. The van der Waals surface area contributed by atoms with E-state index in [1.165, 1.54) is 0 Å². The van der Waals surface area contributed by atoms with Gasteiger partial charge in [-0.05, 0) is 43.4 Å². The zero-order chi connectivity index (χ0) is 16.8. The van der Waals surface area contributed by atoms with E-state index < -0.39 is 0 Å². The molecule has 0 spiro atoms. The summed E-state index contributed by atoms with van der Waals surface area (Å²) in [5.74, 6) is 1.88. The Kier molecular flexibility index (Phi) is 6.04. The fourth-order valence-electron chi connectivity index (χ4n) is 2.72. The van der Waals surface area contributed by atoms with Crippen LogP contribution in [-0.2, 0) is 11.3 Å².